The van der Waals surface area contributed by atoms with Crippen LogP contribution in [0.5, 0.6) is 0 Å². The van der Waals surface area contributed by atoms with E-state index in [1.165, 1.54) is 0 Å². The molecular weight excluding hydrogens is 345 g/mol. The van der Waals surface area contributed by atoms with Crippen molar-refractivity contribution in [3.05, 3.63) is 63.3 Å². The second-order valence-electron chi connectivity index (χ2n) is 4.92. The highest BCUT2D eigenvalue weighted by atomic mass is 19.4. The topological polar surface area (TPSA) is 48.0 Å². The van der Waals surface area contributed by atoms with Gasteiger partial charge in [-0.3, -0.25) is 4.79 Å². The summed E-state index contributed by atoms with van der Waals surface area (Å²) in [4.78, 5) is 11.8. The molecule has 10 heteroatoms. The van der Waals surface area contributed by atoms with Gasteiger partial charge >= 0.3 is 12.4 Å². The number of nitrogens with zero attached hydrogens (tertiary/aromatic N) is 1. The fourth-order valence-electron chi connectivity index (χ4n) is 1.99. The first-order valence-electron chi connectivity index (χ1n) is 6.32. The number of halogens is 7. The molecular formula is C14H9F7N2O. The van der Waals surface area contributed by atoms with Crippen molar-refractivity contribution in [2.75, 3.05) is 5.73 Å². The molecule has 0 unspecified atom stereocenters. The Balaban J connectivity index is 2.52. The van der Waals surface area contributed by atoms with Crippen molar-refractivity contribution in [3.8, 4) is 0 Å². The van der Waals surface area contributed by atoms with Crippen LogP contribution in [0.25, 0.3) is 0 Å². The van der Waals surface area contributed by atoms with Gasteiger partial charge in [-0.05, 0) is 24.3 Å². The summed E-state index contributed by atoms with van der Waals surface area (Å²) in [5.41, 5.74) is 0.328. The third-order valence-corrected chi connectivity index (χ3v) is 3.15. The van der Waals surface area contributed by atoms with E-state index in [9.17, 15) is 35.5 Å². The molecule has 0 aliphatic heterocycles. The van der Waals surface area contributed by atoms with Crippen LogP contribution in [0.3, 0.4) is 0 Å². The second-order valence-corrected chi connectivity index (χ2v) is 4.92. The molecule has 3 nitrogen and oxygen atoms in total. The third kappa shape index (κ3) is 3.69. The van der Waals surface area contributed by atoms with Gasteiger partial charge in [-0.1, -0.05) is 0 Å². The van der Waals surface area contributed by atoms with Crippen molar-refractivity contribution in [2.24, 2.45) is 0 Å². The Hall–Kier alpha value is -2.52. The summed E-state index contributed by atoms with van der Waals surface area (Å²) in [6, 6.07) is 1.85. The molecule has 0 spiro atoms. The lowest BCUT2D eigenvalue weighted by atomic mass is 10.1. The van der Waals surface area contributed by atoms with Gasteiger partial charge in [0, 0.05) is 11.8 Å². The SMILES string of the molecule is Nc1cc(C(F)(F)F)cn(Cc2cc(C(F)(F)F)ccc2F)c1=O. The van der Waals surface area contributed by atoms with E-state index in [-0.39, 0.29) is 0 Å². The number of pyridine rings is 1. The van der Waals surface area contributed by atoms with Crippen LogP contribution in [-0.2, 0) is 18.9 Å². The number of aromatic nitrogens is 1. The minimum Gasteiger partial charge on any atom is -0.394 e. The molecule has 1 aromatic heterocycles. The Morgan fingerprint density at radius 3 is 2.08 bits per heavy atom. The molecule has 2 N–H and O–H groups in total. The molecule has 1 aromatic carbocycles. The number of hydrogen-bond donors (Lipinski definition) is 1. The van der Waals surface area contributed by atoms with E-state index in [1.807, 2.05) is 0 Å². The van der Waals surface area contributed by atoms with Gasteiger partial charge in [-0.2, -0.15) is 26.3 Å². The van der Waals surface area contributed by atoms with E-state index in [0.29, 0.717) is 35.0 Å². The minimum atomic E-state index is -4.82. The number of alkyl halides is 6. The quantitative estimate of drug-likeness (QED) is 0.837. The third-order valence-electron chi connectivity index (χ3n) is 3.15. The van der Waals surface area contributed by atoms with Crippen LogP contribution < -0.4 is 11.3 Å². The fourth-order valence-corrected chi connectivity index (χ4v) is 1.99. The summed E-state index contributed by atoms with van der Waals surface area (Å²) in [5.74, 6) is -1.09. The summed E-state index contributed by atoms with van der Waals surface area (Å²) in [6.07, 6.45) is -9.21. The zero-order valence-electron chi connectivity index (χ0n) is 11.7. The van der Waals surface area contributed by atoms with Crippen LogP contribution in [0.2, 0.25) is 0 Å². The van der Waals surface area contributed by atoms with Gasteiger partial charge in [0.15, 0.2) is 0 Å². The van der Waals surface area contributed by atoms with E-state index in [1.54, 1.807) is 0 Å². The molecule has 0 saturated heterocycles. The zero-order valence-corrected chi connectivity index (χ0v) is 11.7. The second kappa shape index (κ2) is 5.84. The Labute approximate surface area is 130 Å². The number of nitrogen functional groups attached to an aromatic ring is 1. The molecule has 0 saturated carbocycles. The molecule has 24 heavy (non-hydrogen) atoms. The maximum Gasteiger partial charge on any atom is 0.417 e. The summed E-state index contributed by atoms with van der Waals surface area (Å²) < 4.78 is 90.2. The summed E-state index contributed by atoms with van der Waals surface area (Å²) in [6.45, 7) is -0.831. The number of nitrogens with two attached hydrogens (primary N) is 1. The lowest BCUT2D eigenvalue weighted by molar-refractivity contribution is -0.138. The minimum absolute atomic E-state index is 0.373. The van der Waals surface area contributed by atoms with Crippen LogP contribution in [0.1, 0.15) is 16.7 Å². The Morgan fingerprint density at radius 1 is 0.958 bits per heavy atom. The molecule has 1 heterocycles. The van der Waals surface area contributed by atoms with Crippen LogP contribution in [-0.4, -0.2) is 4.57 Å². The number of rotatable bonds is 2. The van der Waals surface area contributed by atoms with Crippen molar-refractivity contribution >= 4 is 5.69 Å². The van der Waals surface area contributed by atoms with Crippen molar-refractivity contribution in [2.45, 2.75) is 18.9 Å². The normalized spacial score (nSPS) is 12.5. The van der Waals surface area contributed by atoms with Gasteiger partial charge in [0.1, 0.15) is 5.82 Å². The average molecular weight is 354 g/mol. The van der Waals surface area contributed by atoms with E-state index in [2.05, 4.69) is 0 Å². The molecule has 0 aliphatic rings. The highest BCUT2D eigenvalue weighted by Crippen LogP contribution is 2.31. The highest BCUT2D eigenvalue weighted by Gasteiger charge is 2.33. The number of benzene rings is 1. The molecule has 2 rings (SSSR count). The molecule has 0 radical (unpaired) electrons. The van der Waals surface area contributed by atoms with Crippen molar-refractivity contribution in [3.63, 3.8) is 0 Å². The van der Waals surface area contributed by atoms with Gasteiger partial charge in [-0.15, -0.1) is 0 Å². The summed E-state index contributed by atoms with van der Waals surface area (Å²) >= 11 is 0. The van der Waals surface area contributed by atoms with Crippen LogP contribution >= 0.6 is 0 Å². The predicted octanol–water partition coefficient (Wildman–Crippen LogP) is 3.66. The molecule has 0 amide bonds. The van der Waals surface area contributed by atoms with Crippen LogP contribution in [0, 0.1) is 5.82 Å². The Bertz CT molecular complexity index is 821. The molecule has 0 atom stereocenters. The standard InChI is InChI=1S/C14H9F7N2O/c15-10-2-1-8(13(16,17)18)3-7(10)5-23-6-9(14(19,20)21)4-11(22)12(23)24/h1-4,6H,5,22H2. The molecule has 0 aliphatic carbocycles. The van der Waals surface area contributed by atoms with E-state index in [0.717, 1.165) is 0 Å². The van der Waals surface area contributed by atoms with Crippen LogP contribution in [0.4, 0.5) is 36.4 Å². The first-order valence-corrected chi connectivity index (χ1v) is 6.32. The lowest BCUT2D eigenvalue weighted by Gasteiger charge is -2.14. The lowest BCUT2D eigenvalue weighted by Crippen LogP contribution is -2.26. The van der Waals surface area contributed by atoms with E-state index < -0.39 is 52.7 Å². The van der Waals surface area contributed by atoms with Gasteiger partial charge in [-0.25, -0.2) is 4.39 Å². The van der Waals surface area contributed by atoms with Crippen molar-refractivity contribution in [1.29, 1.82) is 0 Å². The first-order chi connectivity index (χ1) is 10.9. The van der Waals surface area contributed by atoms with Crippen LogP contribution in [0.15, 0.2) is 35.3 Å². The summed E-state index contributed by atoms with van der Waals surface area (Å²) in [7, 11) is 0. The summed E-state index contributed by atoms with van der Waals surface area (Å²) in [5, 5.41) is 0. The molecule has 0 bridgehead atoms. The van der Waals surface area contributed by atoms with E-state index >= 15 is 0 Å². The first kappa shape index (κ1) is 17.8. The Kier molecular flexibility index (Phi) is 4.34. The van der Waals surface area contributed by atoms with Crippen molar-refractivity contribution in [1.82, 2.24) is 4.57 Å². The smallest absolute Gasteiger partial charge is 0.394 e. The Morgan fingerprint density at radius 2 is 1.54 bits per heavy atom. The maximum atomic E-state index is 13.7. The fraction of sp³-hybridized carbons (Fsp3) is 0.214. The highest BCUT2D eigenvalue weighted by molar-refractivity contribution is 5.39. The van der Waals surface area contributed by atoms with Gasteiger partial charge in [0.05, 0.1) is 23.4 Å². The molecule has 130 valence electrons. The van der Waals surface area contributed by atoms with Gasteiger partial charge in [0.25, 0.3) is 5.56 Å². The molecule has 0 fully saturated rings. The van der Waals surface area contributed by atoms with Gasteiger partial charge < -0.3 is 10.3 Å². The zero-order chi connectivity index (χ0) is 18.3. The van der Waals surface area contributed by atoms with Gasteiger partial charge in [0.2, 0.25) is 0 Å². The number of anilines is 1. The van der Waals surface area contributed by atoms with E-state index in [4.69, 9.17) is 5.73 Å². The molecule has 2 aromatic rings. The predicted molar refractivity (Wildman–Crippen MR) is 70.6 cm³/mol. The number of hydrogen-bond acceptors (Lipinski definition) is 2. The monoisotopic (exact) mass is 354 g/mol. The maximum absolute atomic E-state index is 13.7. The van der Waals surface area contributed by atoms with Crippen molar-refractivity contribution < 1.29 is 30.7 Å². The largest absolute Gasteiger partial charge is 0.417 e. The average Bonchev–Trinajstić information content (AvgIpc) is 2.43.